The number of nitrogens with zero attached hydrogens (tertiary/aromatic N) is 2. The maximum Gasteiger partial charge on any atom is 0.160 e. The van der Waals surface area contributed by atoms with Gasteiger partial charge in [0.2, 0.25) is 0 Å². The van der Waals surface area contributed by atoms with Crippen LogP contribution in [0.25, 0.3) is 88.2 Å². The van der Waals surface area contributed by atoms with Crippen molar-refractivity contribution in [1.82, 2.24) is 15.3 Å². The lowest BCUT2D eigenvalue weighted by atomic mass is 9.88. The molecule has 11 rings (SSSR count). The topological polar surface area (TPSA) is 61.7 Å². The molecule has 0 aliphatic carbocycles. The maximum atomic E-state index is 9.87. The maximum absolute atomic E-state index is 9.87. The molecule has 62 heavy (non-hydrogen) atoms. The summed E-state index contributed by atoms with van der Waals surface area (Å²) in [5.74, 6) is 0.655. The van der Waals surface area contributed by atoms with Crippen LogP contribution in [0.4, 0.5) is 0 Å². The number of rotatable bonds is 8. The lowest BCUT2D eigenvalue weighted by Gasteiger charge is -2.26. The SMILES string of the molecule is N=C(/C(=C1\NC(c2ccccc2)=Cc2ccccc21)c1ccccc1)c1ccc(-c2cc(-c3ccccc3)nc(-c3cccc(-c4cccc5sc6ccccc6c45)c3)n2)cc1. The molecule has 0 radical (unpaired) electrons. The van der Waals surface area contributed by atoms with Crippen LogP contribution in [-0.4, -0.2) is 15.7 Å². The number of allylic oxidation sites excluding steroid dienone is 1. The molecule has 0 unspecified atom stereocenters. The number of hydrogen-bond acceptors (Lipinski definition) is 5. The van der Waals surface area contributed by atoms with Crippen LogP contribution in [0.15, 0.2) is 212 Å². The van der Waals surface area contributed by atoms with E-state index in [2.05, 4.69) is 169 Å². The second-order valence-electron chi connectivity index (χ2n) is 15.4. The fourth-order valence-electron chi connectivity index (χ4n) is 8.51. The molecule has 0 amide bonds. The van der Waals surface area contributed by atoms with Crippen molar-refractivity contribution >= 4 is 60.3 Å². The fourth-order valence-corrected chi connectivity index (χ4v) is 9.64. The molecule has 0 fully saturated rings. The fraction of sp³-hybridized carbons (Fsp3) is 0. The van der Waals surface area contributed by atoms with Gasteiger partial charge in [-0.15, -0.1) is 11.3 Å². The third kappa shape index (κ3) is 6.90. The van der Waals surface area contributed by atoms with Gasteiger partial charge in [-0.1, -0.05) is 188 Å². The van der Waals surface area contributed by atoms with Gasteiger partial charge in [0.05, 0.1) is 22.8 Å². The van der Waals surface area contributed by atoms with E-state index in [1.165, 1.54) is 25.7 Å². The summed E-state index contributed by atoms with van der Waals surface area (Å²) in [6, 6.07) is 73.4. The van der Waals surface area contributed by atoms with Gasteiger partial charge in [0, 0.05) is 59.3 Å². The van der Waals surface area contributed by atoms with Crippen molar-refractivity contribution in [1.29, 1.82) is 5.41 Å². The molecule has 2 N–H and O–H groups in total. The molecular formula is C57H38N4S. The van der Waals surface area contributed by atoms with E-state index < -0.39 is 0 Å². The molecule has 0 saturated carbocycles. The summed E-state index contributed by atoms with van der Waals surface area (Å²) in [6.45, 7) is 0. The Labute approximate surface area is 364 Å². The first-order chi connectivity index (χ1) is 30.6. The molecule has 10 aromatic rings. The minimum atomic E-state index is 0.424. The Hall–Kier alpha value is -7.99. The second-order valence-corrected chi connectivity index (χ2v) is 16.5. The van der Waals surface area contributed by atoms with Crippen LogP contribution in [0.5, 0.6) is 0 Å². The lowest BCUT2D eigenvalue weighted by Crippen LogP contribution is -2.20. The third-order valence-electron chi connectivity index (χ3n) is 11.5. The highest BCUT2D eigenvalue weighted by Gasteiger charge is 2.24. The Morgan fingerprint density at radius 1 is 0.452 bits per heavy atom. The van der Waals surface area contributed by atoms with Gasteiger partial charge in [-0.2, -0.15) is 0 Å². The van der Waals surface area contributed by atoms with E-state index in [0.29, 0.717) is 11.5 Å². The van der Waals surface area contributed by atoms with Gasteiger partial charge in [0.1, 0.15) is 0 Å². The van der Waals surface area contributed by atoms with Crippen LogP contribution < -0.4 is 5.32 Å². The van der Waals surface area contributed by atoms with Gasteiger partial charge in [0.25, 0.3) is 0 Å². The molecule has 0 spiro atoms. The molecule has 8 aromatic carbocycles. The van der Waals surface area contributed by atoms with Crippen molar-refractivity contribution in [3.05, 3.63) is 240 Å². The summed E-state index contributed by atoms with van der Waals surface area (Å²) < 4.78 is 2.56. The van der Waals surface area contributed by atoms with E-state index in [9.17, 15) is 5.41 Å². The number of fused-ring (bicyclic) bond motifs is 4. The molecule has 292 valence electrons. The van der Waals surface area contributed by atoms with Crippen molar-refractivity contribution in [2.24, 2.45) is 0 Å². The summed E-state index contributed by atoms with van der Waals surface area (Å²) >= 11 is 1.83. The number of nitrogens with one attached hydrogen (secondary N) is 2. The Kier molecular flexibility index (Phi) is 9.49. The Morgan fingerprint density at radius 2 is 1.03 bits per heavy atom. The molecule has 2 aromatic heterocycles. The largest absolute Gasteiger partial charge is 0.354 e. The molecule has 4 nitrogen and oxygen atoms in total. The smallest absolute Gasteiger partial charge is 0.160 e. The standard InChI is InChI=1S/C57H38N4S/c58-55(53(40-20-8-3-9-21-40)56-46-25-11-10-22-43(46)35-48(59-56)37-16-4-1-5-17-37)41-32-30-39(31-33-41)50-36-49(38-18-6-2-7-19-38)60-57(61-50)44-24-14-23-42(34-44)45-27-15-29-52-54(45)47-26-12-13-28-51(47)62-52/h1-36,58-59H/b56-53-,58-55?. The van der Waals surface area contributed by atoms with E-state index in [-0.39, 0.29) is 0 Å². The van der Waals surface area contributed by atoms with Gasteiger partial charge in [-0.3, -0.25) is 5.41 Å². The van der Waals surface area contributed by atoms with Gasteiger partial charge in [-0.25, -0.2) is 9.97 Å². The average molecular weight is 811 g/mol. The number of benzene rings is 8. The minimum absolute atomic E-state index is 0.424. The number of hydrogen-bond donors (Lipinski definition) is 2. The highest BCUT2D eigenvalue weighted by Crippen LogP contribution is 2.41. The van der Waals surface area contributed by atoms with E-state index in [1.54, 1.807) is 0 Å². The summed E-state index contributed by atoms with van der Waals surface area (Å²) in [5.41, 5.74) is 15.0. The minimum Gasteiger partial charge on any atom is -0.354 e. The van der Waals surface area contributed by atoms with Crippen molar-refractivity contribution in [2.45, 2.75) is 0 Å². The van der Waals surface area contributed by atoms with Gasteiger partial charge < -0.3 is 5.32 Å². The summed E-state index contributed by atoms with van der Waals surface area (Å²) in [7, 11) is 0. The monoisotopic (exact) mass is 810 g/mol. The lowest BCUT2D eigenvalue weighted by molar-refractivity contribution is 1.18. The first kappa shape index (κ1) is 37.0. The van der Waals surface area contributed by atoms with Crippen LogP contribution in [-0.2, 0) is 0 Å². The van der Waals surface area contributed by atoms with Crippen LogP contribution in [0, 0.1) is 5.41 Å². The Morgan fingerprint density at radius 3 is 1.81 bits per heavy atom. The molecule has 3 heterocycles. The summed E-state index contributed by atoms with van der Waals surface area (Å²) in [4.78, 5) is 10.4. The highest BCUT2D eigenvalue weighted by molar-refractivity contribution is 7.25. The highest BCUT2D eigenvalue weighted by atomic mass is 32.1. The van der Waals surface area contributed by atoms with Gasteiger partial charge >= 0.3 is 0 Å². The van der Waals surface area contributed by atoms with Crippen molar-refractivity contribution in [3.63, 3.8) is 0 Å². The summed E-state index contributed by atoms with van der Waals surface area (Å²) in [6.07, 6.45) is 2.19. The Balaban J connectivity index is 0.998. The molecule has 0 atom stereocenters. The van der Waals surface area contributed by atoms with E-state index in [4.69, 9.17) is 9.97 Å². The van der Waals surface area contributed by atoms with E-state index in [1.807, 2.05) is 65.9 Å². The zero-order valence-electron chi connectivity index (χ0n) is 33.6. The number of aromatic nitrogens is 2. The molecular weight excluding hydrogens is 773 g/mol. The predicted octanol–water partition coefficient (Wildman–Crippen LogP) is 14.6. The first-order valence-corrected chi connectivity index (χ1v) is 21.5. The van der Waals surface area contributed by atoms with Crippen molar-refractivity contribution in [2.75, 3.05) is 0 Å². The van der Waals surface area contributed by atoms with Crippen LogP contribution in [0.3, 0.4) is 0 Å². The molecule has 5 heteroatoms. The average Bonchev–Trinajstić information content (AvgIpc) is 3.74. The molecule has 1 aliphatic heterocycles. The zero-order valence-corrected chi connectivity index (χ0v) is 34.4. The molecule has 1 aliphatic rings. The van der Waals surface area contributed by atoms with Crippen molar-refractivity contribution in [3.8, 4) is 45.0 Å². The van der Waals surface area contributed by atoms with Crippen LogP contribution in [0.2, 0.25) is 0 Å². The zero-order chi connectivity index (χ0) is 41.4. The second kappa shape index (κ2) is 15.9. The quantitative estimate of drug-likeness (QED) is 0.150. The summed E-state index contributed by atoms with van der Waals surface area (Å²) in [5, 5.41) is 16.2. The van der Waals surface area contributed by atoms with E-state index >= 15 is 0 Å². The predicted molar refractivity (Wildman–Crippen MR) is 261 cm³/mol. The molecule has 0 saturated heterocycles. The van der Waals surface area contributed by atoms with Crippen molar-refractivity contribution < 1.29 is 0 Å². The number of thiophene rings is 1. The van der Waals surface area contributed by atoms with Gasteiger partial charge in [-0.05, 0) is 58.2 Å². The third-order valence-corrected chi connectivity index (χ3v) is 12.7. The van der Waals surface area contributed by atoms with E-state index in [0.717, 1.165) is 78.4 Å². The van der Waals surface area contributed by atoms with Crippen LogP contribution in [0.1, 0.15) is 27.8 Å². The normalized spacial score (nSPS) is 13.0. The van der Waals surface area contributed by atoms with Gasteiger partial charge in [0.15, 0.2) is 5.82 Å². The Bertz CT molecular complexity index is 3370. The molecule has 0 bridgehead atoms. The van der Waals surface area contributed by atoms with Crippen LogP contribution >= 0.6 is 11.3 Å². The first-order valence-electron chi connectivity index (χ1n) is 20.7.